The third kappa shape index (κ3) is 12.7. The van der Waals surface area contributed by atoms with Crippen LogP contribution in [0.1, 0.15) is 20.8 Å². The zero-order valence-corrected chi connectivity index (χ0v) is 48.5. The highest BCUT2D eigenvalue weighted by atomic mass is 19.4. The standard InChI is InChI=1S/C27H21N5O.C24H22N6O.C17H11F3N4O/c1-31(2)23-11-9-20(10-12-23)21-14-24-25(17-29-27(24)28-15-21)22-16-30-32(18-22)26(33)13-8-19-6-4-3-5-7-19;1-28(2)19-8-6-16(7-9-19)17-11-20-21(14-26-23(20)25-12-17)18-13-27-30(15-18)24(31)22-5-4-10-29(22)3;18-17(19,20)25-13-3-1-10(2-4-13)11-5-14-15(12-7-23-24-8-12)9-22-16(14)21-6-11/h3-7,9-12,14-18H,1-2H3,(H,28,29);4-15H,1-3H3,(H,25,26);1-9H,(H,21,22)(H,23,24). The van der Waals surface area contributed by atoms with Crippen LogP contribution in [0.15, 0.2) is 214 Å². The molecule has 0 amide bonds. The smallest absolute Gasteiger partial charge is 0.406 e. The van der Waals surface area contributed by atoms with Crippen LogP contribution in [-0.2, 0) is 7.05 Å². The summed E-state index contributed by atoms with van der Waals surface area (Å²) in [4.78, 5) is 52.4. The molecule has 10 aromatic heterocycles. The van der Waals surface area contributed by atoms with Crippen molar-refractivity contribution in [3.05, 3.63) is 225 Å². The van der Waals surface area contributed by atoms with E-state index in [-0.39, 0.29) is 17.6 Å². The summed E-state index contributed by atoms with van der Waals surface area (Å²) in [6.07, 6.45) is 18.5. The second kappa shape index (κ2) is 24.5. The maximum Gasteiger partial charge on any atom is 0.573 e. The van der Waals surface area contributed by atoms with Gasteiger partial charge in [-0.1, -0.05) is 60.5 Å². The van der Waals surface area contributed by atoms with Crippen molar-refractivity contribution in [2.24, 2.45) is 7.05 Å². The molecule has 18 nitrogen and oxygen atoms in total. The number of aromatic nitrogens is 13. The molecule has 0 saturated heterocycles. The van der Waals surface area contributed by atoms with Crippen molar-refractivity contribution < 1.29 is 27.5 Å². The molecule has 10 heterocycles. The van der Waals surface area contributed by atoms with Crippen LogP contribution in [0.4, 0.5) is 24.5 Å². The van der Waals surface area contributed by atoms with E-state index in [0.29, 0.717) is 5.69 Å². The molecular formula is C68H54F3N15O3. The number of anilines is 2. The van der Waals surface area contributed by atoms with Gasteiger partial charge in [-0.25, -0.2) is 19.6 Å². The summed E-state index contributed by atoms with van der Waals surface area (Å²) < 4.78 is 45.0. The Balaban J connectivity index is 0.000000131. The van der Waals surface area contributed by atoms with Crippen LogP contribution in [0.5, 0.6) is 5.75 Å². The number of hydrogen-bond donors (Lipinski definition) is 4. The zero-order valence-electron chi connectivity index (χ0n) is 48.5. The Morgan fingerprint density at radius 1 is 0.517 bits per heavy atom. The number of hydrogen-bond acceptors (Lipinski definition) is 11. The predicted octanol–water partition coefficient (Wildman–Crippen LogP) is 13.6. The quantitative estimate of drug-likeness (QED) is 0.0948. The van der Waals surface area contributed by atoms with Crippen LogP contribution >= 0.6 is 0 Å². The average molecular weight is 1190 g/mol. The average Bonchev–Trinajstić information content (AvgIpc) is 2.09. The monoisotopic (exact) mass is 1190 g/mol. The maximum atomic E-state index is 12.7. The fourth-order valence-electron chi connectivity index (χ4n) is 10.0. The van der Waals surface area contributed by atoms with Gasteiger partial charge in [-0.15, -0.1) is 13.2 Å². The molecule has 0 unspecified atom stereocenters. The Morgan fingerprint density at radius 3 is 1.44 bits per heavy atom. The van der Waals surface area contributed by atoms with Gasteiger partial charge in [0.2, 0.25) is 0 Å². The molecular weight excluding hydrogens is 1130 g/mol. The minimum Gasteiger partial charge on any atom is -0.406 e. The highest BCUT2D eigenvalue weighted by molar-refractivity contribution is 6.00. The summed E-state index contributed by atoms with van der Waals surface area (Å²) in [5, 5.41) is 18.1. The first-order chi connectivity index (χ1) is 43.1. The van der Waals surface area contributed by atoms with E-state index in [2.05, 4.69) is 137 Å². The third-order valence-electron chi connectivity index (χ3n) is 14.7. The number of pyridine rings is 3. The van der Waals surface area contributed by atoms with Crippen LogP contribution in [0.25, 0.3) is 99.9 Å². The van der Waals surface area contributed by atoms with Crippen LogP contribution in [0.3, 0.4) is 0 Å². The van der Waals surface area contributed by atoms with Gasteiger partial charge in [0.1, 0.15) is 28.4 Å². The number of alkyl halides is 3. The Labute approximate surface area is 506 Å². The number of halogens is 3. The van der Waals surface area contributed by atoms with E-state index < -0.39 is 6.36 Å². The van der Waals surface area contributed by atoms with Crippen molar-refractivity contribution in [3.63, 3.8) is 0 Å². The molecule has 14 aromatic rings. The van der Waals surface area contributed by atoms with Crippen molar-refractivity contribution in [1.82, 2.24) is 64.2 Å². The number of nitrogens with one attached hydrogen (secondary N) is 4. The van der Waals surface area contributed by atoms with E-state index in [9.17, 15) is 22.8 Å². The SMILES string of the molecule is CN(C)c1ccc(-c2cnc3[nH]cc(-c4cnn(C(=O)C#Cc5ccccc5)c4)c3c2)cc1.CN(C)c1ccc(-c2cnc3[nH]cc(-c4cnn(C(=O)c5cccn5C)c4)c3c2)cc1.FC(F)(F)Oc1ccc(-c2cnc3[nH]cc(-c4cn[nH]c4)c3c2)cc1. The lowest BCUT2D eigenvalue weighted by molar-refractivity contribution is -0.274. The number of aryl methyl sites for hydroxylation is 1. The van der Waals surface area contributed by atoms with Crippen LogP contribution < -0.4 is 14.5 Å². The molecule has 89 heavy (non-hydrogen) atoms. The van der Waals surface area contributed by atoms with E-state index in [1.54, 1.807) is 66.1 Å². The summed E-state index contributed by atoms with van der Waals surface area (Å²) in [5.74, 6) is 4.70. The van der Waals surface area contributed by atoms with Crippen molar-refractivity contribution in [3.8, 4) is 84.4 Å². The Hall–Kier alpha value is -12.1. The first kappa shape index (κ1) is 57.4. The van der Waals surface area contributed by atoms with Gasteiger partial charge in [-0.3, -0.25) is 14.7 Å². The molecule has 0 aliphatic heterocycles. The summed E-state index contributed by atoms with van der Waals surface area (Å²) in [6.45, 7) is 0. The summed E-state index contributed by atoms with van der Waals surface area (Å²) >= 11 is 0. The molecule has 4 aromatic carbocycles. The van der Waals surface area contributed by atoms with Gasteiger partial charge in [0, 0.05) is 186 Å². The van der Waals surface area contributed by atoms with Gasteiger partial charge in [-0.2, -0.15) is 20.0 Å². The lowest BCUT2D eigenvalue weighted by Crippen LogP contribution is -2.16. The minimum atomic E-state index is -4.70. The number of carbonyl (C=O) groups is 2. The number of carbonyl (C=O) groups excluding carboxylic acids is 2. The molecule has 14 rings (SSSR count). The first-order valence-electron chi connectivity index (χ1n) is 27.8. The molecule has 0 bridgehead atoms. The van der Waals surface area contributed by atoms with E-state index in [4.69, 9.17) is 0 Å². The normalized spacial score (nSPS) is 11.1. The lowest BCUT2D eigenvalue weighted by Gasteiger charge is -2.12. The molecule has 0 atom stereocenters. The highest BCUT2D eigenvalue weighted by Gasteiger charge is 2.31. The molecule has 4 N–H and O–H groups in total. The number of aromatic amines is 4. The van der Waals surface area contributed by atoms with Crippen LogP contribution in [0.2, 0.25) is 0 Å². The number of H-pyrrole nitrogens is 4. The Morgan fingerprint density at radius 2 is 0.989 bits per heavy atom. The van der Waals surface area contributed by atoms with Gasteiger partial charge in [-0.05, 0) is 95.6 Å². The fourth-order valence-corrected chi connectivity index (χ4v) is 10.0. The van der Waals surface area contributed by atoms with Crippen molar-refractivity contribution in [2.45, 2.75) is 6.36 Å². The molecule has 0 fully saturated rings. The number of nitrogens with zero attached hydrogens (tertiary/aromatic N) is 11. The number of benzene rings is 4. The number of ether oxygens (including phenoxy) is 1. The molecule has 0 aliphatic rings. The second-order valence-electron chi connectivity index (χ2n) is 21.0. The molecule has 0 radical (unpaired) electrons. The summed E-state index contributed by atoms with van der Waals surface area (Å²) in [6, 6.07) is 41.6. The van der Waals surface area contributed by atoms with Crippen molar-refractivity contribution in [1.29, 1.82) is 0 Å². The van der Waals surface area contributed by atoms with E-state index in [1.807, 2.05) is 115 Å². The summed E-state index contributed by atoms with van der Waals surface area (Å²) in [7, 11) is 9.93. The van der Waals surface area contributed by atoms with Gasteiger partial charge in [0.25, 0.3) is 5.91 Å². The zero-order chi connectivity index (χ0) is 61.8. The molecule has 0 spiro atoms. The van der Waals surface area contributed by atoms with Gasteiger partial charge in [0.15, 0.2) is 0 Å². The Kier molecular flexibility index (Phi) is 15.8. The highest BCUT2D eigenvalue weighted by Crippen LogP contribution is 2.35. The largest absolute Gasteiger partial charge is 0.573 e. The molecule has 0 aliphatic carbocycles. The van der Waals surface area contributed by atoms with Crippen molar-refractivity contribution >= 4 is 56.3 Å². The van der Waals surface area contributed by atoms with E-state index in [0.717, 1.165) is 117 Å². The molecule has 0 saturated carbocycles. The van der Waals surface area contributed by atoms with Crippen LogP contribution in [0, 0.1) is 11.8 Å². The summed E-state index contributed by atoms with van der Waals surface area (Å²) in [5.41, 5.74) is 17.1. The second-order valence-corrected chi connectivity index (χ2v) is 21.0. The van der Waals surface area contributed by atoms with Gasteiger partial charge in [0.05, 0.1) is 18.6 Å². The number of fused-ring (bicyclic) bond motifs is 3. The van der Waals surface area contributed by atoms with Crippen LogP contribution in [-0.4, -0.2) is 111 Å². The maximum absolute atomic E-state index is 12.7. The third-order valence-corrected chi connectivity index (χ3v) is 14.7. The fraction of sp³-hybridized carbons (Fsp3) is 0.0882. The van der Waals surface area contributed by atoms with E-state index >= 15 is 0 Å². The lowest BCUT2D eigenvalue weighted by atomic mass is 10.0. The molecule has 21 heteroatoms. The first-order valence-corrected chi connectivity index (χ1v) is 27.8. The van der Waals surface area contributed by atoms with Crippen molar-refractivity contribution in [2.75, 3.05) is 38.0 Å². The Bertz CT molecular complexity index is 4870. The molecule has 440 valence electrons. The van der Waals surface area contributed by atoms with E-state index in [1.165, 1.54) is 21.5 Å². The van der Waals surface area contributed by atoms with Gasteiger partial charge < -0.3 is 34.1 Å². The number of rotatable bonds is 10. The topological polar surface area (TPSA) is 205 Å². The predicted molar refractivity (Wildman–Crippen MR) is 339 cm³/mol. The minimum absolute atomic E-state index is 0.168. The van der Waals surface area contributed by atoms with Gasteiger partial charge >= 0.3 is 12.3 Å².